The van der Waals surface area contributed by atoms with Gasteiger partial charge in [-0.1, -0.05) is 70.4 Å². The van der Waals surface area contributed by atoms with E-state index >= 15 is 0 Å². The fourth-order valence-corrected chi connectivity index (χ4v) is 3.73. The second kappa shape index (κ2) is 22.8. The smallest absolute Gasteiger partial charge is 0.306 e. The highest BCUT2D eigenvalue weighted by atomic mass is 16.6. The van der Waals surface area contributed by atoms with Crippen LogP contribution in [0, 0.1) is 0 Å². The number of esters is 1. The van der Waals surface area contributed by atoms with Gasteiger partial charge in [-0.15, -0.1) is 0 Å². The topological polar surface area (TPSA) is 116 Å². The Balaban J connectivity index is 0.00000322. The molecule has 1 saturated heterocycles. The van der Waals surface area contributed by atoms with Crippen molar-refractivity contribution in [2.45, 2.75) is 128 Å². The molecule has 0 radical (unpaired) electrons. The van der Waals surface area contributed by atoms with Crippen molar-refractivity contribution in [3.05, 3.63) is 12.2 Å². The third kappa shape index (κ3) is 17.1. The van der Waals surface area contributed by atoms with E-state index in [4.69, 9.17) is 14.6 Å². The van der Waals surface area contributed by atoms with Gasteiger partial charge < -0.3 is 29.9 Å². The van der Waals surface area contributed by atoms with Crippen LogP contribution in [0.1, 0.15) is 104 Å². The van der Waals surface area contributed by atoms with E-state index in [0.717, 1.165) is 32.1 Å². The monoisotopic (exact) mass is 474 g/mol. The van der Waals surface area contributed by atoms with E-state index in [9.17, 15) is 20.1 Å². The SMILES string of the molecule is CCCCCCCC/C=C\CCCCCCCC(=O)O[C@H](CO)[C@H]1OC[C@H](O)[C@H]1O.CCO. The molecule has 1 heterocycles. The van der Waals surface area contributed by atoms with Crippen molar-refractivity contribution in [3.8, 4) is 0 Å². The Morgan fingerprint density at radius 1 is 0.909 bits per heavy atom. The fourth-order valence-electron chi connectivity index (χ4n) is 3.73. The Kier molecular flexibility index (Phi) is 22.1. The quantitative estimate of drug-likeness (QED) is 0.135. The molecule has 1 fully saturated rings. The van der Waals surface area contributed by atoms with Crippen LogP contribution >= 0.6 is 0 Å². The minimum absolute atomic E-state index is 0.0197. The molecule has 0 amide bonds. The van der Waals surface area contributed by atoms with Gasteiger partial charge in [0.05, 0.1) is 13.2 Å². The predicted octanol–water partition coefficient (Wildman–Crippen LogP) is 4.05. The summed E-state index contributed by atoms with van der Waals surface area (Å²) >= 11 is 0. The number of carbonyl (C=O) groups is 1. The molecule has 33 heavy (non-hydrogen) atoms. The van der Waals surface area contributed by atoms with E-state index in [2.05, 4.69) is 19.1 Å². The molecule has 0 spiro atoms. The average molecular weight is 475 g/mol. The lowest BCUT2D eigenvalue weighted by Crippen LogP contribution is -2.43. The third-order valence-corrected chi connectivity index (χ3v) is 5.66. The number of allylic oxidation sites excluding steroid dienone is 2. The first kappa shape index (κ1) is 32.0. The minimum Gasteiger partial charge on any atom is -0.457 e. The number of carbonyl (C=O) groups excluding carboxylic acids is 1. The molecule has 0 bridgehead atoms. The summed E-state index contributed by atoms with van der Waals surface area (Å²) in [6, 6.07) is 0. The van der Waals surface area contributed by atoms with Crippen molar-refractivity contribution < 1.29 is 34.7 Å². The highest BCUT2D eigenvalue weighted by Gasteiger charge is 2.41. The van der Waals surface area contributed by atoms with Gasteiger partial charge in [-0.25, -0.2) is 0 Å². The van der Waals surface area contributed by atoms with Crippen LogP contribution in [0.5, 0.6) is 0 Å². The van der Waals surface area contributed by atoms with Gasteiger partial charge in [0.2, 0.25) is 0 Å². The van der Waals surface area contributed by atoms with Crippen LogP contribution in [0.3, 0.4) is 0 Å². The zero-order chi connectivity index (χ0) is 24.7. The summed E-state index contributed by atoms with van der Waals surface area (Å²) in [4.78, 5) is 11.9. The summed E-state index contributed by atoms with van der Waals surface area (Å²) in [5.41, 5.74) is 0. The predicted molar refractivity (Wildman–Crippen MR) is 131 cm³/mol. The van der Waals surface area contributed by atoms with Crippen LogP contribution in [0.15, 0.2) is 12.2 Å². The fraction of sp³-hybridized carbons (Fsp3) is 0.885. The molecular formula is C26H50O7. The van der Waals surface area contributed by atoms with Crippen LogP contribution in [-0.2, 0) is 14.3 Å². The maximum absolute atomic E-state index is 11.9. The number of hydrogen-bond acceptors (Lipinski definition) is 7. The lowest BCUT2D eigenvalue weighted by atomic mass is 10.1. The van der Waals surface area contributed by atoms with Crippen LogP contribution in [0.2, 0.25) is 0 Å². The lowest BCUT2D eigenvalue weighted by Gasteiger charge is -2.24. The number of unbranched alkanes of at least 4 members (excludes halogenated alkanes) is 11. The molecule has 1 aliphatic heterocycles. The number of aliphatic hydroxyl groups excluding tert-OH is 4. The Morgan fingerprint density at radius 2 is 1.42 bits per heavy atom. The Labute approximate surface area is 201 Å². The van der Waals surface area contributed by atoms with E-state index in [0.29, 0.717) is 6.42 Å². The van der Waals surface area contributed by atoms with E-state index in [1.165, 1.54) is 51.4 Å². The Bertz CT molecular complexity index is 470. The molecular weight excluding hydrogens is 424 g/mol. The maximum Gasteiger partial charge on any atom is 0.306 e. The van der Waals surface area contributed by atoms with Crippen molar-refractivity contribution >= 4 is 5.97 Å². The lowest BCUT2D eigenvalue weighted by molar-refractivity contribution is -0.162. The molecule has 0 unspecified atom stereocenters. The van der Waals surface area contributed by atoms with Crippen LogP contribution in [-0.4, -0.2) is 70.6 Å². The van der Waals surface area contributed by atoms with E-state index in [1.54, 1.807) is 6.92 Å². The van der Waals surface area contributed by atoms with Gasteiger partial charge in [0.1, 0.15) is 18.3 Å². The molecule has 7 nitrogen and oxygen atoms in total. The van der Waals surface area contributed by atoms with Gasteiger partial charge in [0.15, 0.2) is 6.10 Å². The van der Waals surface area contributed by atoms with Crippen molar-refractivity contribution in [2.75, 3.05) is 19.8 Å². The maximum atomic E-state index is 11.9. The van der Waals surface area contributed by atoms with Crippen LogP contribution in [0.25, 0.3) is 0 Å². The highest BCUT2D eigenvalue weighted by molar-refractivity contribution is 5.69. The molecule has 0 aromatic heterocycles. The molecule has 7 heteroatoms. The van der Waals surface area contributed by atoms with E-state index in [-0.39, 0.29) is 13.2 Å². The minimum atomic E-state index is -1.14. The number of hydrogen-bond donors (Lipinski definition) is 4. The first-order valence-corrected chi connectivity index (χ1v) is 13.1. The second-order valence-electron chi connectivity index (χ2n) is 8.72. The summed E-state index contributed by atoms with van der Waals surface area (Å²) in [5, 5.41) is 36.3. The van der Waals surface area contributed by atoms with Gasteiger partial charge in [0, 0.05) is 13.0 Å². The van der Waals surface area contributed by atoms with Gasteiger partial charge in [-0.05, 0) is 39.0 Å². The van der Waals surface area contributed by atoms with Crippen molar-refractivity contribution in [1.29, 1.82) is 0 Å². The normalized spacial score (nSPS) is 21.1. The molecule has 0 aromatic rings. The molecule has 0 aromatic carbocycles. The molecule has 4 atom stereocenters. The Morgan fingerprint density at radius 3 is 1.91 bits per heavy atom. The zero-order valence-corrected chi connectivity index (χ0v) is 21.0. The van der Waals surface area contributed by atoms with Crippen molar-refractivity contribution in [2.24, 2.45) is 0 Å². The summed E-state index contributed by atoms with van der Waals surface area (Å²) in [7, 11) is 0. The van der Waals surface area contributed by atoms with Crippen molar-refractivity contribution in [1.82, 2.24) is 0 Å². The first-order chi connectivity index (χ1) is 16.0. The molecule has 1 aliphatic rings. The van der Waals surface area contributed by atoms with Gasteiger partial charge in [0.25, 0.3) is 0 Å². The average Bonchev–Trinajstić information content (AvgIpc) is 3.13. The number of aliphatic hydroxyl groups is 4. The summed E-state index contributed by atoms with van der Waals surface area (Å²) < 4.78 is 10.4. The largest absolute Gasteiger partial charge is 0.457 e. The molecule has 0 aliphatic carbocycles. The number of rotatable bonds is 18. The third-order valence-electron chi connectivity index (χ3n) is 5.66. The standard InChI is InChI=1S/C24H44O6.C2H6O/c1-2-3-4-5-6-7-8-9-10-11-12-13-14-15-16-17-22(27)30-21(18-25)24-23(28)20(26)19-29-24;1-2-3/h9-10,20-21,23-26,28H,2-8,11-19H2,1H3;3H,2H2,1H3/b10-9-;/t20-,21+,23+,24+;/m0./s1. The van der Waals surface area contributed by atoms with E-state index in [1.807, 2.05) is 0 Å². The second-order valence-corrected chi connectivity index (χ2v) is 8.72. The zero-order valence-electron chi connectivity index (χ0n) is 21.0. The number of ether oxygens (including phenoxy) is 2. The highest BCUT2D eigenvalue weighted by Crippen LogP contribution is 2.20. The molecule has 4 N–H and O–H groups in total. The summed E-state index contributed by atoms with van der Waals surface area (Å²) in [6.45, 7) is 3.72. The van der Waals surface area contributed by atoms with Crippen LogP contribution < -0.4 is 0 Å². The summed E-state index contributed by atoms with van der Waals surface area (Å²) in [6.07, 6.45) is 16.5. The van der Waals surface area contributed by atoms with E-state index < -0.39 is 37.0 Å². The molecule has 0 saturated carbocycles. The van der Waals surface area contributed by atoms with Gasteiger partial charge in [-0.3, -0.25) is 4.79 Å². The van der Waals surface area contributed by atoms with Gasteiger partial charge >= 0.3 is 5.97 Å². The molecule has 1 rings (SSSR count). The Hall–Kier alpha value is -0.990. The molecule has 196 valence electrons. The van der Waals surface area contributed by atoms with Crippen molar-refractivity contribution in [3.63, 3.8) is 0 Å². The summed E-state index contributed by atoms with van der Waals surface area (Å²) in [5.74, 6) is -0.399. The first-order valence-electron chi connectivity index (χ1n) is 13.1. The van der Waals surface area contributed by atoms with Crippen LogP contribution in [0.4, 0.5) is 0 Å². The van der Waals surface area contributed by atoms with Gasteiger partial charge in [-0.2, -0.15) is 0 Å².